The molecule has 1 aliphatic rings. The van der Waals surface area contributed by atoms with Gasteiger partial charge in [-0.3, -0.25) is 4.79 Å². The molecule has 0 atom stereocenters. The molecule has 4 aromatic heterocycles. The van der Waals surface area contributed by atoms with Crippen LogP contribution in [0.15, 0.2) is 18.3 Å². The van der Waals surface area contributed by atoms with Crippen LogP contribution in [0.2, 0.25) is 10.2 Å². The number of hydrogen-bond acceptors (Lipinski definition) is 7. The molecule has 30 heavy (non-hydrogen) atoms. The topological polar surface area (TPSA) is 101 Å². The van der Waals surface area contributed by atoms with Gasteiger partial charge < -0.3 is 16.0 Å². The number of hydrogen-bond donors (Lipinski definition) is 2. The Kier molecular flexibility index (Phi) is 4.49. The van der Waals surface area contributed by atoms with E-state index in [4.69, 9.17) is 28.9 Å². The van der Waals surface area contributed by atoms with Crippen LogP contribution in [0.25, 0.3) is 15.9 Å². The highest BCUT2D eigenvalue weighted by molar-refractivity contribution is 7.21. The average Bonchev–Trinajstić information content (AvgIpc) is 3.20. The third kappa shape index (κ3) is 3.05. The van der Waals surface area contributed by atoms with Crippen molar-refractivity contribution in [3.05, 3.63) is 44.8 Å². The van der Waals surface area contributed by atoms with Gasteiger partial charge in [0.2, 0.25) is 0 Å². The van der Waals surface area contributed by atoms with Crippen molar-refractivity contribution in [2.75, 3.05) is 23.7 Å². The summed E-state index contributed by atoms with van der Waals surface area (Å²) < 4.78 is 1.75. The van der Waals surface area contributed by atoms with E-state index >= 15 is 0 Å². The molecule has 1 saturated heterocycles. The molecular weight excluding hydrogens is 445 g/mol. The van der Waals surface area contributed by atoms with E-state index in [1.54, 1.807) is 10.6 Å². The third-order valence-electron chi connectivity index (χ3n) is 5.16. The summed E-state index contributed by atoms with van der Waals surface area (Å²) in [7, 11) is 0. The first-order valence-corrected chi connectivity index (χ1v) is 10.8. The van der Waals surface area contributed by atoms with E-state index in [9.17, 15) is 4.79 Å². The summed E-state index contributed by atoms with van der Waals surface area (Å²) in [6.45, 7) is 5.05. The second-order valence-corrected chi connectivity index (χ2v) is 9.11. The predicted molar refractivity (Wildman–Crippen MR) is 120 cm³/mol. The van der Waals surface area contributed by atoms with Gasteiger partial charge in [-0.2, -0.15) is 5.10 Å². The molecule has 4 aromatic rings. The van der Waals surface area contributed by atoms with Gasteiger partial charge in [0.05, 0.1) is 22.4 Å². The molecule has 1 fully saturated rings. The maximum Gasteiger partial charge on any atom is 0.263 e. The molecule has 3 N–H and O–H groups in total. The van der Waals surface area contributed by atoms with Crippen LogP contribution in [0.3, 0.4) is 0 Å². The van der Waals surface area contributed by atoms with Crippen LogP contribution >= 0.6 is 34.5 Å². The normalized spacial score (nSPS) is 14.5. The fourth-order valence-electron chi connectivity index (χ4n) is 3.73. The number of thiophene rings is 1. The Bertz CT molecular complexity index is 1330. The minimum absolute atomic E-state index is 0.0140. The summed E-state index contributed by atoms with van der Waals surface area (Å²) in [6.07, 6.45) is 1.53. The van der Waals surface area contributed by atoms with E-state index in [0.29, 0.717) is 39.7 Å². The Balaban J connectivity index is 1.38. The highest BCUT2D eigenvalue weighted by Crippen LogP contribution is 2.37. The number of nitrogens with two attached hydrogens (primary N) is 1. The quantitative estimate of drug-likeness (QED) is 0.453. The summed E-state index contributed by atoms with van der Waals surface area (Å²) in [5.41, 5.74) is 9.36. The molecule has 0 aliphatic carbocycles. The Morgan fingerprint density at radius 2 is 2.07 bits per heavy atom. The maximum absolute atomic E-state index is 13.0. The fraction of sp³-hybridized carbons (Fsp3) is 0.263. The number of carbonyl (C=O) groups excluding carboxylic acids is 1. The Labute approximate surface area is 185 Å². The van der Waals surface area contributed by atoms with Gasteiger partial charge >= 0.3 is 0 Å². The van der Waals surface area contributed by atoms with Crippen molar-refractivity contribution in [1.82, 2.24) is 24.9 Å². The van der Waals surface area contributed by atoms with Crippen molar-refractivity contribution in [3.8, 4) is 0 Å². The number of amides is 1. The van der Waals surface area contributed by atoms with Crippen LogP contribution in [0.5, 0.6) is 0 Å². The number of nitrogens with one attached hydrogen (secondary N) is 1. The lowest BCUT2D eigenvalue weighted by atomic mass is 10.1. The van der Waals surface area contributed by atoms with Crippen molar-refractivity contribution >= 4 is 67.7 Å². The van der Waals surface area contributed by atoms with E-state index in [2.05, 4.69) is 20.4 Å². The van der Waals surface area contributed by atoms with Gasteiger partial charge in [-0.05, 0) is 25.5 Å². The molecule has 0 unspecified atom stereocenters. The number of halogens is 2. The number of aryl methyl sites for hydroxylation is 2. The van der Waals surface area contributed by atoms with Gasteiger partial charge in [0.15, 0.2) is 5.65 Å². The standard InChI is InChI=1S/C19H17Cl2N7OS/c1-8-3-14-24-9(2)26-28(14)19-15(8)16(22)17(30-19)18(29)25-10-6-27(7-10)12-4-13(21)23-5-11(12)20/h3-5,10H,6-7,22H2,1-2H3,(H,25,29). The summed E-state index contributed by atoms with van der Waals surface area (Å²) in [5.74, 6) is 0.478. The SMILES string of the molecule is Cc1nc2cc(C)c3c(N)c(C(=O)NC4CN(c5cc(Cl)ncc5Cl)C4)sc3n2n1. The molecule has 0 radical (unpaired) electrons. The van der Waals surface area contributed by atoms with Gasteiger partial charge in [0.25, 0.3) is 5.91 Å². The highest BCUT2D eigenvalue weighted by Gasteiger charge is 2.31. The minimum atomic E-state index is -0.193. The zero-order valence-electron chi connectivity index (χ0n) is 16.1. The first-order chi connectivity index (χ1) is 14.3. The van der Waals surface area contributed by atoms with Crippen molar-refractivity contribution in [1.29, 1.82) is 0 Å². The highest BCUT2D eigenvalue weighted by atomic mass is 35.5. The average molecular weight is 462 g/mol. The molecule has 0 bridgehead atoms. The van der Waals surface area contributed by atoms with Gasteiger partial charge in [-0.1, -0.05) is 23.2 Å². The molecule has 1 amide bonds. The Morgan fingerprint density at radius 1 is 1.30 bits per heavy atom. The summed E-state index contributed by atoms with van der Waals surface area (Å²) in [6, 6.07) is 3.64. The predicted octanol–water partition coefficient (Wildman–Crippen LogP) is 3.46. The maximum atomic E-state index is 13.0. The van der Waals surface area contributed by atoms with Crippen LogP contribution in [-0.2, 0) is 0 Å². The number of anilines is 2. The van der Waals surface area contributed by atoms with E-state index in [0.717, 1.165) is 27.1 Å². The molecule has 11 heteroatoms. The molecule has 0 aromatic carbocycles. The van der Waals surface area contributed by atoms with Crippen molar-refractivity contribution < 1.29 is 4.79 Å². The lowest BCUT2D eigenvalue weighted by Gasteiger charge is -2.41. The van der Waals surface area contributed by atoms with Crippen LogP contribution in [-0.4, -0.2) is 44.6 Å². The number of pyridine rings is 2. The van der Waals surface area contributed by atoms with E-state index < -0.39 is 0 Å². The molecule has 5 heterocycles. The molecule has 0 spiro atoms. The van der Waals surface area contributed by atoms with Crippen LogP contribution < -0.4 is 16.0 Å². The number of nitrogens with zero attached hydrogens (tertiary/aromatic N) is 5. The second kappa shape index (κ2) is 6.97. The second-order valence-electron chi connectivity index (χ2n) is 7.32. The van der Waals surface area contributed by atoms with Crippen molar-refractivity contribution in [2.45, 2.75) is 19.9 Å². The Morgan fingerprint density at radius 3 is 2.83 bits per heavy atom. The van der Waals surface area contributed by atoms with Crippen molar-refractivity contribution in [3.63, 3.8) is 0 Å². The van der Waals surface area contributed by atoms with Gasteiger partial charge in [0, 0.05) is 30.7 Å². The summed E-state index contributed by atoms with van der Waals surface area (Å²) >= 11 is 13.5. The Hall–Kier alpha value is -2.62. The van der Waals surface area contributed by atoms with Crippen LogP contribution in [0, 0.1) is 13.8 Å². The summed E-state index contributed by atoms with van der Waals surface area (Å²) in [5, 5.41) is 9.24. The van der Waals surface area contributed by atoms with E-state index in [1.165, 1.54) is 17.5 Å². The smallest absolute Gasteiger partial charge is 0.263 e. The third-order valence-corrected chi connectivity index (χ3v) is 6.84. The monoisotopic (exact) mass is 461 g/mol. The van der Waals surface area contributed by atoms with E-state index in [1.807, 2.05) is 24.8 Å². The number of fused-ring (bicyclic) bond motifs is 3. The van der Waals surface area contributed by atoms with Gasteiger partial charge in [-0.25, -0.2) is 14.5 Å². The minimum Gasteiger partial charge on any atom is -0.397 e. The molecule has 5 rings (SSSR count). The number of nitrogen functional groups attached to an aromatic ring is 1. The zero-order valence-corrected chi connectivity index (χ0v) is 18.4. The van der Waals surface area contributed by atoms with Crippen molar-refractivity contribution in [2.24, 2.45) is 0 Å². The van der Waals surface area contributed by atoms with Crippen LogP contribution in [0.1, 0.15) is 21.1 Å². The molecule has 154 valence electrons. The molecule has 1 aliphatic heterocycles. The molecule has 8 nitrogen and oxygen atoms in total. The molecular formula is C19H17Cl2N7OS. The zero-order chi connectivity index (χ0) is 21.2. The lowest BCUT2D eigenvalue weighted by molar-refractivity contribution is 0.0935. The lowest BCUT2D eigenvalue weighted by Crippen LogP contribution is -2.59. The molecule has 0 saturated carbocycles. The number of rotatable bonds is 3. The first kappa shape index (κ1) is 19.3. The van der Waals surface area contributed by atoms with Gasteiger partial charge in [0.1, 0.15) is 20.7 Å². The van der Waals surface area contributed by atoms with E-state index in [-0.39, 0.29) is 11.9 Å². The first-order valence-electron chi connectivity index (χ1n) is 9.23. The van der Waals surface area contributed by atoms with Gasteiger partial charge in [-0.15, -0.1) is 11.3 Å². The number of aromatic nitrogens is 4. The van der Waals surface area contributed by atoms with Crippen LogP contribution in [0.4, 0.5) is 11.4 Å². The fourth-order valence-corrected chi connectivity index (χ4v) is 5.26. The number of carbonyl (C=O) groups is 1. The summed E-state index contributed by atoms with van der Waals surface area (Å²) in [4.78, 5) is 24.7. The largest absolute Gasteiger partial charge is 0.397 e.